The first kappa shape index (κ1) is 14.6. The second-order valence-electron chi connectivity index (χ2n) is 5.17. The van der Waals surface area contributed by atoms with Crippen molar-refractivity contribution in [2.24, 2.45) is 0 Å². The lowest BCUT2D eigenvalue weighted by Crippen LogP contribution is -2.29. The van der Waals surface area contributed by atoms with Gasteiger partial charge in [0, 0.05) is 18.1 Å². The molecule has 0 saturated carbocycles. The summed E-state index contributed by atoms with van der Waals surface area (Å²) in [6.07, 6.45) is 5.44. The number of hydrogen-bond acceptors (Lipinski definition) is 4. The molecule has 112 valence electrons. The number of nitrogens with one attached hydrogen (secondary N) is 2. The van der Waals surface area contributed by atoms with E-state index in [1.807, 2.05) is 5.38 Å². The van der Waals surface area contributed by atoms with Gasteiger partial charge in [-0.25, -0.2) is 4.98 Å². The maximum Gasteiger partial charge on any atom is 0.273 e. The van der Waals surface area contributed by atoms with Gasteiger partial charge in [0.15, 0.2) is 5.13 Å². The maximum absolute atomic E-state index is 12.0. The van der Waals surface area contributed by atoms with E-state index in [9.17, 15) is 4.79 Å². The molecule has 0 radical (unpaired) electrons. The van der Waals surface area contributed by atoms with Crippen LogP contribution in [0.5, 0.6) is 0 Å². The molecule has 1 aliphatic heterocycles. The van der Waals surface area contributed by atoms with Crippen LogP contribution >= 0.6 is 22.9 Å². The molecule has 3 rings (SSSR count). The van der Waals surface area contributed by atoms with Gasteiger partial charge in [-0.05, 0) is 32.0 Å². The van der Waals surface area contributed by atoms with E-state index in [1.54, 1.807) is 12.3 Å². The highest BCUT2D eigenvalue weighted by atomic mass is 35.5. The molecular formula is C14H17ClN4OS. The standard InChI is InChI=1S/C14H17ClN4OS/c15-10-6-12(16-7-10)13(20)18-14-17-11(9-21-14)8-19-4-2-1-3-5-19/h6-7,9,16H,1-5,8H2,(H,17,18,20). The average Bonchev–Trinajstić information content (AvgIpc) is 3.09. The summed E-state index contributed by atoms with van der Waals surface area (Å²) >= 11 is 7.24. The van der Waals surface area contributed by atoms with Gasteiger partial charge >= 0.3 is 0 Å². The van der Waals surface area contributed by atoms with E-state index in [1.165, 1.54) is 30.6 Å². The number of amides is 1. The molecule has 0 unspecified atom stereocenters. The predicted octanol–water partition coefficient (Wildman–Crippen LogP) is 3.36. The van der Waals surface area contributed by atoms with E-state index in [4.69, 9.17) is 11.6 Å². The van der Waals surface area contributed by atoms with Gasteiger partial charge in [-0.3, -0.25) is 15.0 Å². The third kappa shape index (κ3) is 3.84. The van der Waals surface area contributed by atoms with Crippen LogP contribution in [0, 0.1) is 0 Å². The number of aromatic amines is 1. The first-order valence-electron chi connectivity index (χ1n) is 7.03. The molecule has 7 heteroatoms. The van der Waals surface area contributed by atoms with Gasteiger partial charge in [0.25, 0.3) is 5.91 Å². The quantitative estimate of drug-likeness (QED) is 0.906. The number of nitrogens with zero attached hydrogens (tertiary/aromatic N) is 2. The number of rotatable bonds is 4. The number of hydrogen-bond donors (Lipinski definition) is 2. The Morgan fingerprint density at radius 1 is 1.43 bits per heavy atom. The Labute approximate surface area is 132 Å². The van der Waals surface area contributed by atoms with Gasteiger partial charge in [0.2, 0.25) is 0 Å². The van der Waals surface area contributed by atoms with E-state index < -0.39 is 0 Å². The minimum atomic E-state index is -0.222. The Bertz CT molecular complexity index is 618. The molecule has 0 spiro atoms. The largest absolute Gasteiger partial charge is 0.356 e. The fourth-order valence-corrected chi connectivity index (χ4v) is 3.31. The molecule has 1 aliphatic rings. The molecule has 0 atom stereocenters. The highest BCUT2D eigenvalue weighted by Gasteiger charge is 2.14. The predicted molar refractivity (Wildman–Crippen MR) is 85.0 cm³/mol. The van der Waals surface area contributed by atoms with Crippen LogP contribution in [-0.4, -0.2) is 33.9 Å². The summed E-state index contributed by atoms with van der Waals surface area (Å²) in [7, 11) is 0. The third-order valence-electron chi connectivity index (χ3n) is 3.50. The van der Waals surface area contributed by atoms with Crippen molar-refractivity contribution in [3.8, 4) is 0 Å². The molecule has 3 heterocycles. The van der Waals surface area contributed by atoms with E-state index in [0.717, 1.165) is 25.3 Å². The number of aromatic nitrogens is 2. The lowest BCUT2D eigenvalue weighted by Gasteiger charge is -2.25. The molecule has 2 N–H and O–H groups in total. The zero-order chi connectivity index (χ0) is 14.7. The average molecular weight is 325 g/mol. The first-order chi connectivity index (χ1) is 10.2. The van der Waals surface area contributed by atoms with Crippen molar-refractivity contribution in [1.82, 2.24) is 14.9 Å². The molecule has 0 bridgehead atoms. The van der Waals surface area contributed by atoms with Crippen molar-refractivity contribution < 1.29 is 4.79 Å². The van der Waals surface area contributed by atoms with Crippen molar-refractivity contribution in [3.63, 3.8) is 0 Å². The molecular weight excluding hydrogens is 308 g/mol. The molecule has 0 aliphatic carbocycles. The highest BCUT2D eigenvalue weighted by molar-refractivity contribution is 7.13. The summed E-state index contributed by atoms with van der Waals surface area (Å²) in [6, 6.07) is 1.60. The second kappa shape index (κ2) is 6.60. The molecule has 2 aromatic heterocycles. The Balaban J connectivity index is 1.58. The number of anilines is 1. The fraction of sp³-hybridized carbons (Fsp3) is 0.429. The molecule has 1 fully saturated rings. The fourth-order valence-electron chi connectivity index (χ4n) is 2.45. The van der Waals surface area contributed by atoms with Crippen LogP contribution in [-0.2, 0) is 6.54 Å². The van der Waals surface area contributed by atoms with E-state index >= 15 is 0 Å². The van der Waals surface area contributed by atoms with Crippen molar-refractivity contribution in [2.75, 3.05) is 18.4 Å². The van der Waals surface area contributed by atoms with Gasteiger partial charge in [-0.15, -0.1) is 11.3 Å². The van der Waals surface area contributed by atoms with Gasteiger partial charge in [-0.1, -0.05) is 18.0 Å². The highest BCUT2D eigenvalue weighted by Crippen LogP contribution is 2.20. The number of carbonyl (C=O) groups excluding carboxylic acids is 1. The Kier molecular flexibility index (Phi) is 4.57. The summed E-state index contributed by atoms with van der Waals surface area (Å²) < 4.78 is 0. The van der Waals surface area contributed by atoms with E-state index in [-0.39, 0.29) is 5.91 Å². The van der Waals surface area contributed by atoms with Crippen molar-refractivity contribution in [1.29, 1.82) is 0 Å². The molecule has 21 heavy (non-hydrogen) atoms. The van der Waals surface area contributed by atoms with E-state index in [2.05, 4.69) is 20.2 Å². The van der Waals surface area contributed by atoms with Crippen LogP contribution in [0.1, 0.15) is 35.4 Å². The van der Waals surface area contributed by atoms with Crippen LogP contribution in [0.3, 0.4) is 0 Å². The van der Waals surface area contributed by atoms with Crippen LogP contribution in [0.4, 0.5) is 5.13 Å². The van der Waals surface area contributed by atoms with Gasteiger partial charge < -0.3 is 4.98 Å². The number of halogens is 1. The van der Waals surface area contributed by atoms with Crippen molar-refractivity contribution in [2.45, 2.75) is 25.8 Å². The molecule has 5 nitrogen and oxygen atoms in total. The van der Waals surface area contributed by atoms with Gasteiger partial charge in [-0.2, -0.15) is 0 Å². The first-order valence-corrected chi connectivity index (χ1v) is 8.28. The number of piperidine rings is 1. The topological polar surface area (TPSA) is 61.0 Å². The number of carbonyl (C=O) groups is 1. The smallest absolute Gasteiger partial charge is 0.273 e. The monoisotopic (exact) mass is 324 g/mol. The molecule has 1 saturated heterocycles. The van der Waals surface area contributed by atoms with Crippen molar-refractivity contribution in [3.05, 3.63) is 34.1 Å². The summed E-state index contributed by atoms with van der Waals surface area (Å²) in [6.45, 7) is 3.14. The summed E-state index contributed by atoms with van der Waals surface area (Å²) in [5.74, 6) is -0.222. The van der Waals surface area contributed by atoms with E-state index in [0.29, 0.717) is 15.8 Å². The van der Waals surface area contributed by atoms with Crippen LogP contribution in [0.2, 0.25) is 5.02 Å². The van der Waals surface area contributed by atoms with Crippen LogP contribution in [0.25, 0.3) is 0 Å². The van der Waals surface area contributed by atoms with Gasteiger partial charge in [0.05, 0.1) is 10.7 Å². The zero-order valence-corrected chi connectivity index (χ0v) is 13.1. The van der Waals surface area contributed by atoms with Crippen molar-refractivity contribution >= 4 is 34.0 Å². The lowest BCUT2D eigenvalue weighted by molar-refractivity contribution is 0.102. The molecule has 1 amide bonds. The Morgan fingerprint density at radius 3 is 2.95 bits per heavy atom. The third-order valence-corrected chi connectivity index (χ3v) is 4.52. The normalized spacial score (nSPS) is 16.0. The van der Waals surface area contributed by atoms with Gasteiger partial charge in [0.1, 0.15) is 5.69 Å². The number of H-pyrrole nitrogens is 1. The SMILES string of the molecule is O=C(Nc1nc(CN2CCCCC2)cs1)c1cc(Cl)c[nH]1. The molecule has 2 aromatic rings. The minimum Gasteiger partial charge on any atom is -0.356 e. The second-order valence-corrected chi connectivity index (χ2v) is 6.46. The van der Waals surface area contributed by atoms with Crippen LogP contribution in [0.15, 0.2) is 17.6 Å². The molecule has 0 aromatic carbocycles. The Hall–Kier alpha value is -1.37. The maximum atomic E-state index is 12.0. The summed E-state index contributed by atoms with van der Waals surface area (Å²) in [5.41, 5.74) is 1.45. The zero-order valence-electron chi connectivity index (χ0n) is 11.6. The number of likely N-dealkylation sites (tertiary alicyclic amines) is 1. The Morgan fingerprint density at radius 2 is 2.24 bits per heavy atom. The minimum absolute atomic E-state index is 0.222. The lowest BCUT2D eigenvalue weighted by atomic mass is 10.1. The number of thiazole rings is 1. The van der Waals surface area contributed by atoms with Crippen LogP contribution < -0.4 is 5.32 Å². The summed E-state index contributed by atoms with van der Waals surface area (Å²) in [5, 5.41) is 5.94. The summed E-state index contributed by atoms with van der Waals surface area (Å²) in [4.78, 5) is 21.7.